The number of hydrogen-bond acceptors (Lipinski definition) is 4. The molecule has 0 radical (unpaired) electrons. The molecule has 38 heavy (non-hydrogen) atoms. The molecule has 186 valence electrons. The number of carboxylic acids is 1. The van der Waals surface area contributed by atoms with E-state index in [9.17, 15) is 9.59 Å². The van der Waals surface area contributed by atoms with Crippen LogP contribution in [0.2, 0.25) is 0 Å². The van der Waals surface area contributed by atoms with Gasteiger partial charge in [0.05, 0.1) is 17.3 Å². The van der Waals surface area contributed by atoms with Crippen LogP contribution in [0.15, 0.2) is 103 Å². The third-order valence-electron chi connectivity index (χ3n) is 6.57. The number of fused-ring (bicyclic) bond motifs is 2. The summed E-state index contributed by atoms with van der Waals surface area (Å²) in [5.74, 6) is -0.426. The van der Waals surface area contributed by atoms with E-state index >= 15 is 0 Å². The second-order valence-electron chi connectivity index (χ2n) is 9.08. The first-order valence-electron chi connectivity index (χ1n) is 12.2. The average molecular weight is 518 g/mol. The molecule has 0 bridgehead atoms. The first kappa shape index (κ1) is 23.6. The Morgan fingerprint density at radius 2 is 1.66 bits per heavy atom. The Morgan fingerprint density at radius 3 is 2.42 bits per heavy atom. The lowest BCUT2D eigenvalue weighted by Gasteiger charge is -2.12. The van der Waals surface area contributed by atoms with Gasteiger partial charge in [-0.15, -0.1) is 11.3 Å². The van der Waals surface area contributed by atoms with Crippen molar-refractivity contribution in [3.63, 3.8) is 0 Å². The van der Waals surface area contributed by atoms with E-state index in [0.717, 1.165) is 38.3 Å². The van der Waals surface area contributed by atoms with Crippen molar-refractivity contribution in [3.8, 4) is 10.4 Å². The summed E-state index contributed by atoms with van der Waals surface area (Å²) in [7, 11) is 0. The predicted octanol–water partition coefficient (Wildman–Crippen LogP) is 6.44. The van der Waals surface area contributed by atoms with Gasteiger partial charge in [0, 0.05) is 17.8 Å². The van der Waals surface area contributed by atoms with E-state index in [1.807, 2.05) is 46.3 Å². The van der Waals surface area contributed by atoms with E-state index in [-0.39, 0.29) is 18.0 Å². The number of aromatic carboxylic acids is 1. The molecule has 1 amide bonds. The molecule has 0 atom stereocenters. The van der Waals surface area contributed by atoms with E-state index < -0.39 is 5.97 Å². The topological polar surface area (TPSA) is 83.7 Å². The largest absolute Gasteiger partial charge is 0.478 e. The molecule has 0 spiro atoms. The van der Waals surface area contributed by atoms with E-state index in [2.05, 4.69) is 41.7 Å². The maximum atomic E-state index is 13.6. The van der Waals surface area contributed by atoms with Gasteiger partial charge in [-0.25, -0.2) is 9.78 Å². The van der Waals surface area contributed by atoms with Crippen LogP contribution in [0.4, 0.5) is 0 Å². The molecular weight excluding hydrogens is 494 g/mol. The minimum atomic E-state index is -0.979. The van der Waals surface area contributed by atoms with Crippen molar-refractivity contribution in [1.29, 1.82) is 0 Å². The number of nitrogens with zero attached hydrogens (tertiary/aromatic N) is 2. The standard InChI is InChI=1S/C31H23N3O3S/c35-30(33-18-20-7-11-23(12-8-20)31(36)37)27-17-25(28-6-3-13-38-28)16-26-19-32-29(34(26)27)15-21-9-10-22-4-1-2-5-24(22)14-21/h1-14,16-17,19H,15,18H2,(H,33,35)(H,36,37). The third-order valence-corrected chi connectivity index (χ3v) is 7.49. The molecule has 3 aromatic heterocycles. The SMILES string of the molecule is O=C(O)c1ccc(CNC(=O)c2cc(-c3cccs3)cc3cnc(Cc4ccc5ccccc5c4)n23)cc1. The number of benzene rings is 3. The van der Waals surface area contributed by atoms with Gasteiger partial charge in [0.15, 0.2) is 0 Å². The van der Waals surface area contributed by atoms with Crippen LogP contribution < -0.4 is 5.32 Å². The van der Waals surface area contributed by atoms with Gasteiger partial charge in [0.1, 0.15) is 11.5 Å². The average Bonchev–Trinajstić information content (AvgIpc) is 3.62. The fourth-order valence-corrected chi connectivity index (χ4v) is 5.36. The summed E-state index contributed by atoms with van der Waals surface area (Å²) in [5.41, 5.74) is 4.45. The van der Waals surface area contributed by atoms with Crippen molar-refractivity contribution in [2.45, 2.75) is 13.0 Å². The van der Waals surface area contributed by atoms with Crippen LogP contribution >= 0.6 is 11.3 Å². The molecule has 6 rings (SSSR count). The van der Waals surface area contributed by atoms with Crippen LogP contribution in [0.25, 0.3) is 26.7 Å². The second kappa shape index (κ2) is 9.95. The lowest BCUT2D eigenvalue weighted by molar-refractivity contribution is 0.0696. The van der Waals surface area contributed by atoms with Crippen molar-refractivity contribution in [2.24, 2.45) is 0 Å². The van der Waals surface area contributed by atoms with Crippen molar-refractivity contribution >= 4 is 39.5 Å². The Kier molecular flexibility index (Phi) is 6.19. The van der Waals surface area contributed by atoms with Crippen LogP contribution in [0.5, 0.6) is 0 Å². The monoisotopic (exact) mass is 517 g/mol. The van der Waals surface area contributed by atoms with E-state index in [1.165, 1.54) is 17.5 Å². The Balaban J connectivity index is 1.35. The molecule has 6 nitrogen and oxygen atoms in total. The molecule has 0 aliphatic heterocycles. The van der Waals surface area contributed by atoms with Crippen LogP contribution in [0.1, 0.15) is 37.8 Å². The molecule has 0 fully saturated rings. The smallest absolute Gasteiger partial charge is 0.335 e. The number of rotatable bonds is 7. The minimum Gasteiger partial charge on any atom is -0.478 e. The summed E-state index contributed by atoms with van der Waals surface area (Å²) < 4.78 is 1.93. The van der Waals surface area contributed by atoms with Crippen LogP contribution in [-0.4, -0.2) is 26.4 Å². The van der Waals surface area contributed by atoms with Gasteiger partial charge in [0.2, 0.25) is 0 Å². The molecule has 6 aromatic rings. The summed E-state index contributed by atoms with van der Waals surface area (Å²) in [6, 6.07) is 29.1. The fourth-order valence-electron chi connectivity index (χ4n) is 4.64. The lowest BCUT2D eigenvalue weighted by Crippen LogP contribution is -2.25. The maximum absolute atomic E-state index is 13.6. The summed E-state index contributed by atoms with van der Waals surface area (Å²) in [6.45, 7) is 0.276. The molecule has 7 heteroatoms. The summed E-state index contributed by atoms with van der Waals surface area (Å²) >= 11 is 1.62. The lowest BCUT2D eigenvalue weighted by atomic mass is 10.0. The van der Waals surface area contributed by atoms with E-state index in [1.54, 1.807) is 23.5 Å². The number of nitrogens with one attached hydrogen (secondary N) is 1. The molecule has 2 N–H and O–H groups in total. The maximum Gasteiger partial charge on any atom is 0.335 e. The van der Waals surface area contributed by atoms with Gasteiger partial charge in [-0.05, 0) is 63.2 Å². The first-order chi connectivity index (χ1) is 18.5. The van der Waals surface area contributed by atoms with Crippen LogP contribution in [0, 0.1) is 0 Å². The number of pyridine rings is 1. The highest BCUT2D eigenvalue weighted by Crippen LogP contribution is 2.28. The van der Waals surface area contributed by atoms with Crippen LogP contribution in [0.3, 0.4) is 0 Å². The van der Waals surface area contributed by atoms with Gasteiger partial charge < -0.3 is 10.4 Å². The summed E-state index contributed by atoms with van der Waals surface area (Å²) in [6.07, 6.45) is 2.39. The zero-order chi connectivity index (χ0) is 26.1. The van der Waals surface area contributed by atoms with Gasteiger partial charge in [0.25, 0.3) is 5.91 Å². The number of hydrogen-bond donors (Lipinski definition) is 2. The Hall–Kier alpha value is -4.75. The van der Waals surface area contributed by atoms with Crippen molar-refractivity contribution in [2.75, 3.05) is 0 Å². The van der Waals surface area contributed by atoms with Crippen molar-refractivity contribution in [1.82, 2.24) is 14.7 Å². The molecule has 3 aromatic carbocycles. The van der Waals surface area contributed by atoms with E-state index in [0.29, 0.717) is 12.1 Å². The molecule has 0 saturated heterocycles. The molecule has 3 heterocycles. The Labute approximate surface area is 222 Å². The third kappa shape index (κ3) is 4.67. The number of amides is 1. The number of carbonyl (C=O) groups excluding carboxylic acids is 1. The highest BCUT2D eigenvalue weighted by atomic mass is 32.1. The molecule has 0 aliphatic rings. The normalized spacial score (nSPS) is 11.2. The Morgan fingerprint density at radius 1 is 0.868 bits per heavy atom. The van der Waals surface area contributed by atoms with Crippen molar-refractivity contribution < 1.29 is 14.7 Å². The minimum absolute atomic E-state index is 0.210. The van der Waals surface area contributed by atoms with E-state index in [4.69, 9.17) is 10.1 Å². The summed E-state index contributed by atoms with van der Waals surface area (Å²) in [4.78, 5) is 30.5. The first-order valence-corrected chi connectivity index (χ1v) is 13.1. The number of thiophene rings is 1. The van der Waals surface area contributed by atoms with Crippen molar-refractivity contribution in [3.05, 3.63) is 131 Å². The Bertz CT molecular complexity index is 1790. The molecule has 0 aliphatic carbocycles. The highest BCUT2D eigenvalue weighted by Gasteiger charge is 2.17. The summed E-state index contributed by atoms with van der Waals surface area (Å²) in [5, 5.41) is 16.5. The number of carboxylic acid groups (broad SMARTS) is 1. The molecule has 0 unspecified atom stereocenters. The number of imidazole rings is 1. The van der Waals surface area contributed by atoms with Crippen LogP contribution in [-0.2, 0) is 13.0 Å². The second-order valence-corrected chi connectivity index (χ2v) is 10.0. The predicted molar refractivity (Wildman–Crippen MR) is 150 cm³/mol. The highest BCUT2D eigenvalue weighted by molar-refractivity contribution is 7.13. The number of carbonyl (C=O) groups is 2. The molecule has 0 saturated carbocycles. The molecular formula is C31H23N3O3S. The van der Waals surface area contributed by atoms with Gasteiger partial charge in [-0.2, -0.15) is 0 Å². The van der Waals surface area contributed by atoms with Gasteiger partial charge in [-0.1, -0.05) is 60.7 Å². The van der Waals surface area contributed by atoms with Gasteiger partial charge in [-0.3, -0.25) is 9.20 Å². The zero-order valence-corrected chi connectivity index (χ0v) is 21.1. The quantitative estimate of drug-likeness (QED) is 0.255. The number of aromatic nitrogens is 2. The zero-order valence-electron chi connectivity index (χ0n) is 20.3. The fraction of sp³-hybridized carbons (Fsp3) is 0.0645. The van der Waals surface area contributed by atoms with Gasteiger partial charge >= 0.3 is 5.97 Å².